The van der Waals surface area contributed by atoms with Crippen LogP contribution in [0, 0.1) is 5.92 Å². The Morgan fingerprint density at radius 2 is 1.89 bits per heavy atom. The van der Waals surface area contributed by atoms with Gasteiger partial charge in [0.1, 0.15) is 11.8 Å². The van der Waals surface area contributed by atoms with Gasteiger partial charge in [0.25, 0.3) is 0 Å². The molecule has 2 fully saturated rings. The molecule has 0 spiro atoms. The van der Waals surface area contributed by atoms with Gasteiger partial charge in [-0.2, -0.15) is 19.6 Å². The van der Waals surface area contributed by atoms with Gasteiger partial charge in [0.05, 0.1) is 24.7 Å². The zero-order chi connectivity index (χ0) is 33.9. The van der Waals surface area contributed by atoms with Crippen molar-refractivity contribution in [3.8, 4) is 0 Å². The molecule has 1 aromatic carbocycles. The van der Waals surface area contributed by atoms with E-state index in [2.05, 4.69) is 32.6 Å². The highest BCUT2D eigenvalue weighted by Gasteiger charge is 2.34. The van der Waals surface area contributed by atoms with Gasteiger partial charge in [-0.25, -0.2) is 9.18 Å². The van der Waals surface area contributed by atoms with Crippen molar-refractivity contribution in [2.45, 2.75) is 77.7 Å². The fraction of sp³-hybridized carbons (Fsp3) is 0.515. The lowest BCUT2D eigenvalue weighted by Gasteiger charge is -2.35. The molecule has 3 amide bonds. The highest BCUT2D eigenvalue weighted by molar-refractivity contribution is 5.94. The number of hydrogen-bond acceptors (Lipinski definition) is 9. The van der Waals surface area contributed by atoms with Crippen LogP contribution in [-0.2, 0) is 20.9 Å². The number of fused-ring (bicyclic) bond motifs is 1. The predicted molar refractivity (Wildman–Crippen MR) is 177 cm³/mol. The third-order valence-electron chi connectivity index (χ3n) is 8.22. The molecule has 3 aromatic rings. The number of ether oxygens (including phenoxy) is 1. The smallest absolute Gasteiger partial charge is 0.410 e. The Morgan fingerprint density at radius 1 is 1.13 bits per heavy atom. The van der Waals surface area contributed by atoms with Crippen LogP contribution >= 0.6 is 0 Å². The number of carbonyl (C=O) groups excluding carboxylic acids is 3. The molecule has 2 saturated heterocycles. The average Bonchev–Trinajstić information content (AvgIpc) is 3.68. The summed E-state index contributed by atoms with van der Waals surface area (Å²) in [6, 6.07) is 6.87. The highest BCUT2D eigenvalue weighted by atomic mass is 19.1. The molecule has 3 atom stereocenters. The summed E-state index contributed by atoms with van der Waals surface area (Å²) in [6.07, 6.45) is 2.09. The molecular weight excluding hydrogens is 605 g/mol. The fourth-order valence-corrected chi connectivity index (χ4v) is 5.69. The van der Waals surface area contributed by atoms with E-state index >= 15 is 4.39 Å². The molecule has 0 saturated carbocycles. The molecule has 3 N–H and O–H groups in total. The number of rotatable bonds is 9. The number of aromatic nitrogens is 4. The van der Waals surface area contributed by atoms with Crippen LogP contribution < -0.4 is 16.0 Å². The van der Waals surface area contributed by atoms with Gasteiger partial charge < -0.3 is 30.5 Å². The van der Waals surface area contributed by atoms with E-state index in [4.69, 9.17) is 9.72 Å². The first-order valence-corrected chi connectivity index (χ1v) is 16.0. The van der Waals surface area contributed by atoms with Crippen molar-refractivity contribution in [2.75, 3.05) is 42.1 Å². The average molecular weight is 650 g/mol. The second kappa shape index (κ2) is 13.9. The molecule has 2 aromatic heterocycles. The van der Waals surface area contributed by atoms with Crippen molar-refractivity contribution in [3.63, 3.8) is 0 Å². The maximum Gasteiger partial charge on any atom is 0.410 e. The minimum absolute atomic E-state index is 0.0946. The fourth-order valence-electron chi connectivity index (χ4n) is 5.69. The summed E-state index contributed by atoms with van der Waals surface area (Å²) in [5, 5.41) is 14.0. The van der Waals surface area contributed by atoms with Crippen molar-refractivity contribution in [1.82, 2.24) is 29.4 Å². The van der Waals surface area contributed by atoms with Crippen LogP contribution in [-0.4, -0.2) is 91.3 Å². The lowest BCUT2D eigenvalue weighted by molar-refractivity contribution is -0.125. The summed E-state index contributed by atoms with van der Waals surface area (Å²) in [5.74, 6) is 0.209. The Hall–Kier alpha value is -4.75. The molecule has 13 nitrogen and oxygen atoms in total. The summed E-state index contributed by atoms with van der Waals surface area (Å²) in [7, 11) is 0. The Labute approximate surface area is 273 Å². The second-order valence-electron chi connectivity index (χ2n) is 13.4. The molecule has 0 radical (unpaired) electrons. The van der Waals surface area contributed by atoms with Crippen LogP contribution in [0.4, 0.5) is 26.8 Å². The van der Waals surface area contributed by atoms with E-state index in [1.54, 1.807) is 36.4 Å². The van der Waals surface area contributed by atoms with Gasteiger partial charge in [0, 0.05) is 37.4 Å². The van der Waals surface area contributed by atoms with Gasteiger partial charge in [-0.3, -0.25) is 9.59 Å². The van der Waals surface area contributed by atoms with Crippen LogP contribution in [0.2, 0.25) is 0 Å². The zero-order valence-electron chi connectivity index (χ0n) is 27.6. The number of amides is 3. The predicted octanol–water partition coefficient (Wildman–Crippen LogP) is 4.59. The summed E-state index contributed by atoms with van der Waals surface area (Å²) in [4.78, 5) is 49.7. The number of carbonyl (C=O) groups is 3. The Kier molecular flexibility index (Phi) is 9.96. The van der Waals surface area contributed by atoms with E-state index in [1.165, 1.54) is 11.0 Å². The van der Waals surface area contributed by atoms with Crippen molar-refractivity contribution in [1.29, 1.82) is 0 Å². The number of likely N-dealkylation sites (tertiary alicyclic amines) is 2. The molecule has 4 heterocycles. The minimum Gasteiger partial charge on any atom is -0.444 e. The Balaban J connectivity index is 1.27. The second-order valence-corrected chi connectivity index (χ2v) is 13.4. The van der Waals surface area contributed by atoms with E-state index in [-0.39, 0.29) is 36.1 Å². The Bertz CT molecular complexity index is 1640. The van der Waals surface area contributed by atoms with Gasteiger partial charge >= 0.3 is 6.09 Å². The molecular formula is C33H44FN9O4. The number of nitrogens with one attached hydrogen (secondary N) is 3. The lowest BCUT2D eigenvalue weighted by atomic mass is 10.0. The minimum atomic E-state index is -1.35. The first-order valence-electron chi connectivity index (χ1n) is 16.0. The van der Waals surface area contributed by atoms with Crippen LogP contribution in [0.5, 0.6) is 0 Å². The standard InChI is InChI=1S/C33H44FN9O4/c1-7-27(44)41-13-11-22(18-41)29(45)37-23-10-8-9-21(15-23)16-35-31-40-30(39-28-24(20(2)3)17-36-43(28)31)38-26-12-14-42(19-25(26)34)32(46)47-33(4,5)6/h7-10,15,17,20,22,25-26H,1,11-14,16,18-19H2,2-6H3,(H,37,45)(H2,35,38,39,40)/t22?,25-,26-/m1/s1. The van der Waals surface area contributed by atoms with Crippen LogP contribution in [0.1, 0.15) is 64.5 Å². The first-order chi connectivity index (χ1) is 22.3. The van der Waals surface area contributed by atoms with Gasteiger partial charge in [0.15, 0.2) is 5.65 Å². The maximum atomic E-state index is 15.4. The zero-order valence-corrected chi connectivity index (χ0v) is 27.6. The van der Waals surface area contributed by atoms with E-state index in [0.717, 1.165) is 11.1 Å². The highest BCUT2D eigenvalue weighted by Crippen LogP contribution is 2.25. The summed E-state index contributed by atoms with van der Waals surface area (Å²) in [6.45, 7) is 14.4. The normalized spacial score (nSPS) is 19.9. The third-order valence-corrected chi connectivity index (χ3v) is 8.22. The monoisotopic (exact) mass is 649 g/mol. The number of alkyl halides is 1. The van der Waals surface area contributed by atoms with Crippen LogP contribution in [0.15, 0.2) is 43.1 Å². The first kappa shape index (κ1) is 33.6. The van der Waals surface area contributed by atoms with Crippen LogP contribution in [0.3, 0.4) is 0 Å². The lowest BCUT2D eigenvalue weighted by Crippen LogP contribution is -2.51. The number of anilines is 3. The summed E-state index contributed by atoms with van der Waals surface area (Å²) >= 11 is 0. The van der Waals surface area contributed by atoms with Crippen molar-refractivity contribution in [3.05, 3.63) is 54.2 Å². The Morgan fingerprint density at radius 3 is 2.60 bits per heavy atom. The van der Waals surface area contributed by atoms with Gasteiger partial charge in [-0.15, -0.1) is 0 Å². The molecule has 5 rings (SSSR count). The molecule has 0 bridgehead atoms. The third kappa shape index (κ3) is 8.16. The largest absolute Gasteiger partial charge is 0.444 e. The van der Waals surface area contributed by atoms with Crippen molar-refractivity contribution in [2.24, 2.45) is 5.92 Å². The topological polar surface area (TPSA) is 146 Å². The molecule has 2 aliphatic heterocycles. The van der Waals surface area contributed by atoms with Crippen molar-refractivity contribution >= 4 is 41.1 Å². The molecule has 2 aliphatic rings. The van der Waals surface area contributed by atoms with Gasteiger partial charge in [-0.1, -0.05) is 32.6 Å². The summed E-state index contributed by atoms with van der Waals surface area (Å²) < 4.78 is 22.4. The summed E-state index contributed by atoms with van der Waals surface area (Å²) in [5.41, 5.74) is 2.38. The van der Waals surface area contributed by atoms with E-state index in [0.29, 0.717) is 56.3 Å². The van der Waals surface area contributed by atoms with E-state index < -0.39 is 23.9 Å². The molecule has 0 aliphatic carbocycles. The van der Waals surface area contributed by atoms with Crippen molar-refractivity contribution < 1.29 is 23.5 Å². The molecule has 252 valence electrons. The molecule has 47 heavy (non-hydrogen) atoms. The molecule has 14 heteroatoms. The number of hydrogen-bond donors (Lipinski definition) is 3. The number of piperidine rings is 1. The number of benzene rings is 1. The van der Waals surface area contributed by atoms with Crippen LogP contribution in [0.25, 0.3) is 5.65 Å². The SMILES string of the molecule is C=CC(=O)N1CCC(C(=O)Nc2cccc(CNc3nc(N[C@@H]4CCN(C(=O)OC(C)(C)C)C[C@H]4F)nc4c(C(C)C)cnn34)c2)C1. The van der Waals surface area contributed by atoms with Gasteiger partial charge in [0.2, 0.25) is 23.7 Å². The number of halogens is 1. The quantitative estimate of drug-likeness (QED) is 0.283. The molecule has 1 unspecified atom stereocenters. The van der Waals surface area contributed by atoms with E-state index in [9.17, 15) is 14.4 Å². The van der Waals surface area contributed by atoms with E-state index in [1.807, 2.05) is 38.1 Å². The maximum absolute atomic E-state index is 15.4. The number of nitrogens with zero attached hydrogens (tertiary/aromatic N) is 6. The van der Waals surface area contributed by atoms with Gasteiger partial charge in [-0.05, 0) is 63.3 Å².